The van der Waals surface area contributed by atoms with Crippen LogP contribution in [0.5, 0.6) is 0 Å². The van der Waals surface area contributed by atoms with Crippen molar-refractivity contribution in [3.63, 3.8) is 0 Å². The smallest absolute Gasteiger partial charge is 0.111 e. The van der Waals surface area contributed by atoms with Gasteiger partial charge < -0.3 is 4.57 Å². The number of thioether (sulfide) groups is 1. The Kier molecular flexibility index (Phi) is 4.25. The standard InChI is InChI=1S/C14H16Cl2N2S/c15-5-3-14-17-12-7-11(16)1-2-13(12)18(14)8-10-4-6-19-9-10/h1-2,7,10H,3-6,8-9H2. The van der Waals surface area contributed by atoms with Crippen molar-refractivity contribution in [2.24, 2.45) is 5.92 Å². The van der Waals surface area contributed by atoms with Gasteiger partial charge in [-0.1, -0.05) is 11.6 Å². The van der Waals surface area contributed by atoms with Crippen LogP contribution in [0.25, 0.3) is 11.0 Å². The molecule has 0 N–H and O–H groups in total. The van der Waals surface area contributed by atoms with Crippen molar-refractivity contribution < 1.29 is 0 Å². The van der Waals surface area contributed by atoms with Crippen molar-refractivity contribution in [2.45, 2.75) is 19.4 Å². The van der Waals surface area contributed by atoms with Crippen molar-refractivity contribution in [3.05, 3.63) is 29.0 Å². The Morgan fingerprint density at radius 2 is 2.32 bits per heavy atom. The molecule has 2 nitrogen and oxygen atoms in total. The predicted molar refractivity (Wildman–Crippen MR) is 84.6 cm³/mol. The van der Waals surface area contributed by atoms with Crippen LogP contribution in [0.3, 0.4) is 0 Å². The van der Waals surface area contributed by atoms with Gasteiger partial charge in [0.1, 0.15) is 5.82 Å². The molecule has 102 valence electrons. The number of alkyl halides is 1. The Morgan fingerprint density at radius 3 is 3.05 bits per heavy atom. The molecule has 0 aliphatic carbocycles. The third kappa shape index (κ3) is 2.88. The highest BCUT2D eigenvalue weighted by molar-refractivity contribution is 7.99. The molecule has 3 rings (SSSR count). The van der Waals surface area contributed by atoms with Crippen LogP contribution in [0.15, 0.2) is 18.2 Å². The molecule has 1 fully saturated rings. The molecule has 1 saturated heterocycles. The minimum atomic E-state index is 0.608. The second-order valence-electron chi connectivity index (χ2n) is 4.94. The third-order valence-electron chi connectivity index (χ3n) is 3.57. The number of aryl methyl sites for hydroxylation is 1. The quantitative estimate of drug-likeness (QED) is 0.786. The largest absolute Gasteiger partial charge is 0.328 e. The fourth-order valence-corrected chi connectivity index (χ4v) is 4.22. The summed E-state index contributed by atoms with van der Waals surface area (Å²) in [6.45, 7) is 1.05. The van der Waals surface area contributed by atoms with Crippen LogP contribution >= 0.6 is 35.0 Å². The van der Waals surface area contributed by atoms with Gasteiger partial charge in [-0.25, -0.2) is 4.98 Å². The lowest BCUT2D eigenvalue weighted by Gasteiger charge is -2.13. The molecule has 0 saturated carbocycles. The fourth-order valence-electron chi connectivity index (χ4n) is 2.62. The van der Waals surface area contributed by atoms with Gasteiger partial charge in [-0.05, 0) is 42.0 Å². The van der Waals surface area contributed by atoms with Gasteiger partial charge >= 0.3 is 0 Å². The number of rotatable bonds is 4. The van der Waals surface area contributed by atoms with Gasteiger partial charge in [0, 0.05) is 23.9 Å². The summed E-state index contributed by atoms with van der Waals surface area (Å²) in [6, 6.07) is 5.95. The Bertz CT molecular complexity index is 576. The number of hydrogen-bond acceptors (Lipinski definition) is 2. The molecule has 2 aromatic rings. The van der Waals surface area contributed by atoms with Crippen LogP contribution in [0.1, 0.15) is 12.2 Å². The number of imidazole rings is 1. The van der Waals surface area contributed by atoms with Crippen molar-refractivity contribution in [1.29, 1.82) is 0 Å². The first-order valence-corrected chi connectivity index (χ1v) is 8.63. The second kappa shape index (κ2) is 5.94. The highest BCUT2D eigenvalue weighted by Gasteiger charge is 2.19. The van der Waals surface area contributed by atoms with Gasteiger partial charge in [0.15, 0.2) is 0 Å². The van der Waals surface area contributed by atoms with Crippen LogP contribution in [-0.2, 0) is 13.0 Å². The molecule has 0 amide bonds. The molecule has 1 aromatic carbocycles. The van der Waals surface area contributed by atoms with Crippen molar-refractivity contribution in [3.8, 4) is 0 Å². The number of benzene rings is 1. The zero-order valence-electron chi connectivity index (χ0n) is 10.6. The van der Waals surface area contributed by atoms with Gasteiger partial charge in [-0.2, -0.15) is 11.8 Å². The number of aromatic nitrogens is 2. The first-order chi connectivity index (χ1) is 9.28. The van der Waals surface area contributed by atoms with E-state index >= 15 is 0 Å². The SMILES string of the molecule is ClCCc1nc2cc(Cl)ccc2n1CC1CCSC1. The zero-order chi connectivity index (χ0) is 13.2. The maximum atomic E-state index is 6.05. The van der Waals surface area contributed by atoms with Crippen molar-refractivity contribution in [2.75, 3.05) is 17.4 Å². The third-order valence-corrected chi connectivity index (χ3v) is 5.23. The summed E-state index contributed by atoms with van der Waals surface area (Å²) in [5.74, 6) is 4.99. The highest BCUT2D eigenvalue weighted by Crippen LogP contribution is 2.28. The number of hydrogen-bond donors (Lipinski definition) is 0. The lowest BCUT2D eigenvalue weighted by Crippen LogP contribution is -2.13. The topological polar surface area (TPSA) is 17.8 Å². The first-order valence-electron chi connectivity index (χ1n) is 6.56. The van der Waals surface area contributed by atoms with Gasteiger partial charge in [0.05, 0.1) is 11.0 Å². The highest BCUT2D eigenvalue weighted by atomic mass is 35.5. The van der Waals surface area contributed by atoms with Crippen LogP contribution in [0, 0.1) is 5.92 Å². The number of fused-ring (bicyclic) bond motifs is 1. The average Bonchev–Trinajstić information content (AvgIpc) is 2.99. The van der Waals surface area contributed by atoms with E-state index in [1.54, 1.807) is 0 Å². The molecular formula is C14H16Cl2N2S. The van der Waals surface area contributed by atoms with Crippen molar-refractivity contribution in [1.82, 2.24) is 9.55 Å². The Morgan fingerprint density at radius 1 is 1.42 bits per heavy atom. The van der Waals surface area contributed by atoms with Gasteiger partial charge in [-0.3, -0.25) is 0 Å². The molecule has 2 heterocycles. The van der Waals surface area contributed by atoms with E-state index in [9.17, 15) is 0 Å². The van der Waals surface area contributed by atoms with Crippen LogP contribution in [0.2, 0.25) is 5.02 Å². The van der Waals surface area contributed by atoms with E-state index in [-0.39, 0.29) is 0 Å². The molecule has 0 radical (unpaired) electrons. The first kappa shape index (κ1) is 13.6. The van der Waals surface area contributed by atoms with Gasteiger partial charge in [0.25, 0.3) is 0 Å². The maximum Gasteiger partial charge on any atom is 0.111 e. The summed E-state index contributed by atoms with van der Waals surface area (Å²) >= 11 is 14.0. The Labute approximate surface area is 127 Å². The predicted octanol–water partition coefficient (Wildman–Crippen LogP) is 4.22. The van der Waals surface area contributed by atoms with E-state index in [0.717, 1.165) is 35.2 Å². The van der Waals surface area contributed by atoms with E-state index in [4.69, 9.17) is 28.2 Å². The van der Waals surface area contributed by atoms with Crippen LogP contribution < -0.4 is 0 Å². The Hall–Kier alpha value is -0.380. The monoisotopic (exact) mass is 314 g/mol. The van der Waals surface area contributed by atoms with E-state index in [1.807, 2.05) is 12.1 Å². The maximum absolute atomic E-state index is 6.05. The summed E-state index contributed by atoms with van der Waals surface area (Å²) < 4.78 is 2.34. The molecule has 1 aromatic heterocycles. The molecule has 0 bridgehead atoms. The molecule has 19 heavy (non-hydrogen) atoms. The summed E-state index contributed by atoms with van der Waals surface area (Å²) in [6.07, 6.45) is 2.12. The summed E-state index contributed by atoms with van der Waals surface area (Å²) in [5.41, 5.74) is 2.17. The van der Waals surface area contributed by atoms with Crippen LogP contribution in [0.4, 0.5) is 0 Å². The summed E-state index contributed by atoms with van der Waals surface area (Å²) in [7, 11) is 0. The molecular weight excluding hydrogens is 299 g/mol. The van der Waals surface area contributed by atoms with E-state index < -0.39 is 0 Å². The van der Waals surface area contributed by atoms with E-state index in [2.05, 4.69) is 22.4 Å². The van der Waals surface area contributed by atoms with E-state index in [0.29, 0.717) is 5.88 Å². The molecule has 1 atom stereocenters. The summed E-state index contributed by atoms with van der Waals surface area (Å²) in [5, 5.41) is 0.742. The van der Waals surface area contributed by atoms with E-state index in [1.165, 1.54) is 23.4 Å². The summed E-state index contributed by atoms with van der Waals surface area (Å²) in [4.78, 5) is 4.69. The average molecular weight is 315 g/mol. The molecule has 1 unspecified atom stereocenters. The van der Waals surface area contributed by atoms with Crippen molar-refractivity contribution >= 4 is 46.0 Å². The lowest BCUT2D eigenvalue weighted by molar-refractivity contribution is 0.490. The fraction of sp³-hybridized carbons (Fsp3) is 0.500. The van der Waals surface area contributed by atoms with Gasteiger partial charge in [-0.15, -0.1) is 11.6 Å². The van der Waals surface area contributed by atoms with Gasteiger partial charge in [0.2, 0.25) is 0 Å². The minimum absolute atomic E-state index is 0.608. The molecule has 0 spiro atoms. The Balaban J connectivity index is 2.00. The molecule has 5 heteroatoms. The number of nitrogens with zero attached hydrogens (tertiary/aromatic N) is 2. The minimum Gasteiger partial charge on any atom is -0.328 e. The van der Waals surface area contributed by atoms with Crippen LogP contribution in [-0.4, -0.2) is 26.9 Å². The molecule has 1 aliphatic heterocycles. The number of halogens is 2. The lowest BCUT2D eigenvalue weighted by atomic mass is 10.1. The second-order valence-corrected chi connectivity index (χ2v) is 6.90. The zero-order valence-corrected chi connectivity index (χ0v) is 12.9. The normalized spacial score (nSPS) is 19.4. The molecule has 1 aliphatic rings.